The molecule has 1 aromatic carbocycles. The summed E-state index contributed by atoms with van der Waals surface area (Å²) < 4.78 is 0. The average molecular weight is 559 g/mol. The molecule has 0 aliphatic heterocycles. The third-order valence-electron chi connectivity index (χ3n) is 14.5. The van der Waals surface area contributed by atoms with Crippen molar-refractivity contribution in [3.8, 4) is 0 Å². The molecular formula is C37H50O4. The first-order valence-electron chi connectivity index (χ1n) is 16.1. The molecule has 1 aromatic rings. The van der Waals surface area contributed by atoms with E-state index in [0.29, 0.717) is 29.2 Å². The summed E-state index contributed by atoms with van der Waals surface area (Å²) in [7, 11) is 0. The fraction of sp³-hybridized carbons (Fsp3) is 0.676. The van der Waals surface area contributed by atoms with E-state index in [1.165, 1.54) is 30.4 Å². The number of rotatable bonds is 4. The minimum Gasteiger partial charge on any atom is -0.481 e. The van der Waals surface area contributed by atoms with E-state index in [0.717, 1.165) is 44.1 Å². The topological polar surface area (TPSA) is 74.6 Å². The number of aromatic carboxylic acids is 1. The third-order valence-corrected chi connectivity index (χ3v) is 14.5. The zero-order chi connectivity index (χ0) is 29.8. The SMILES string of the molecule is C=C(C)[C@@H]1CC[C@]2(C(=O)O)CC[C@]3(C)C(CCC4[C@@]5(C)CC=C(c6ccc(C(=O)O)cc6)C(C)(C)C5CC[C@]43C)C12. The van der Waals surface area contributed by atoms with Gasteiger partial charge in [-0.05, 0) is 139 Å². The van der Waals surface area contributed by atoms with Crippen molar-refractivity contribution in [1.82, 2.24) is 0 Å². The zero-order valence-corrected chi connectivity index (χ0v) is 26.1. The molecule has 0 saturated heterocycles. The van der Waals surface area contributed by atoms with E-state index in [1.807, 2.05) is 12.1 Å². The third kappa shape index (κ3) is 3.64. The van der Waals surface area contributed by atoms with Gasteiger partial charge in [-0.1, -0.05) is 65.0 Å². The second-order valence-electron chi connectivity index (χ2n) is 16.1. The number of aliphatic carboxylic acids is 1. The van der Waals surface area contributed by atoms with Crippen molar-refractivity contribution >= 4 is 17.5 Å². The van der Waals surface area contributed by atoms with Crippen LogP contribution in [0, 0.1) is 56.7 Å². The Morgan fingerprint density at radius 2 is 1.51 bits per heavy atom. The molecule has 2 N–H and O–H groups in total. The highest BCUT2D eigenvalue weighted by Gasteiger charge is 2.71. The number of carbonyl (C=O) groups is 2. The molecule has 5 aliphatic carbocycles. The summed E-state index contributed by atoms with van der Waals surface area (Å²) in [6, 6.07) is 7.47. The van der Waals surface area contributed by atoms with Gasteiger partial charge in [0.1, 0.15) is 0 Å². The largest absolute Gasteiger partial charge is 0.481 e. The highest BCUT2D eigenvalue weighted by molar-refractivity contribution is 5.88. The van der Waals surface area contributed by atoms with Gasteiger partial charge < -0.3 is 10.2 Å². The predicted octanol–water partition coefficient (Wildman–Crippen LogP) is 9.12. The van der Waals surface area contributed by atoms with Crippen molar-refractivity contribution in [2.24, 2.45) is 56.7 Å². The smallest absolute Gasteiger partial charge is 0.335 e. The number of carboxylic acid groups (broad SMARTS) is 2. The van der Waals surface area contributed by atoms with Crippen LogP contribution in [0.3, 0.4) is 0 Å². The van der Waals surface area contributed by atoms with E-state index in [2.05, 4.69) is 54.2 Å². The van der Waals surface area contributed by atoms with E-state index < -0.39 is 17.4 Å². The van der Waals surface area contributed by atoms with Gasteiger partial charge in [0.05, 0.1) is 11.0 Å². The van der Waals surface area contributed by atoms with Crippen LogP contribution in [0.5, 0.6) is 0 Å². The quantitative estimate of drug-likeness (QED) is 0.361. The first-order chi connectivity index (χ1) is 19.1. The Hall–Kier alpha value is -2.36. The molecule has 5 aliphatic rings. The van der Waals surface area contributed by atoms with Crippen LogP contribution in [-0.4, -0.2) is 22.2 Å². The fourth-order valence-corrected chi connectivity index (χ4v) is 12.4. The molecule has 4 heteroatoms. The lowest BCUT2D eigenvalue weighted by atomic mass is 9.32. The van der Waals surface area contributed by atoms with Gasteiger partial charge in [0.2, 0.25) is 0 Å². The molecule has 6 rings (SSSR count). The van der Waals surface area contributed by atoms with Crippen LogP contribution in [0.15, 0.2) is 42.5 Å². The van der Waals surface area contributed by atoms with Crippen LogP contribution in [0.2, 0.25) is 0 Å². The van der Waals surface area contributed by atoms with Crippen molar-refractivity contribution in [2.75, 3.05) is 0 Å². The molecule has 0 radical (unpaired) electrons. The van der Waals surface area contributed by atoms with Crippen molar-refractivity contribution in [3.05, 3.63) is 53.6 Å². The summed E-state index contributed by atoms with van der Waals surface area (Å²) in [5.74, 6) is 0.684. The molecule has 4 saturated carbocycles. The molecule has 222 valence electrons. The maximum atomic E-state index is 12.9. The van der Waals surface area contributed by atoms with Gasteiger partial charge >= 0.3 is 11.9 Å². The van der Waals surface area contributed by atoms with Crippen LogP contribution in [0.1, 0.15) is 115 Å². The van der Waals surface area contributed by atoms with Gasteiger partial charge in [-0.15, -0.1) is 0 Å². The number of hydrogen-bond acceptors (Lipinski definition) is 2. The van der Waals surface area contributed by atoms with Crippen LogP contribution < -0.4 is 0 Å². The lowest BCUT2D eigenvalue weighted by molar-refractivity contribution is -0.227. The van der Waals surface area contributed by atoms with Gasteiger partial charge in [0.25, 0.3) is 0 Å². The Bertz CT molecular complexity index is 1320. The Balaban J connectivity index is 1.37. The second-order valence-corrected chi connectivity index (χ2v) is 16.1. The first-order valence-corrected chi connectivity index (χ1v) is 16.1. The van der Waals surface area contributed by atoms with E-state index in [-0.39, 0.29) is 27.6 Å². The summed E-state index contributed by atoms with van der Waals surface area (Å²) in [5, 5.41) is 20.0. The standard InChI is InChI=1S/C37H50O4/c1-22(2)25-14-19-37(32(40)41)21-20-35(6)27(30(25)37)12-13-29-34(5)17-15-26(23-8-10-24(11-9-23)31(38)39)33(3,4)28(34)16-18-36(29,35)7/h8-11,15,25,27-30H,1,12-14,16-21H2,2-7H3,(H,38,39)(H,40,41)/t25-,27?,28?,29?,30?,34-,35+,36+,37-/m0/s1. The summed E-state index contributed by atoms with van der Waals surface area (Å²) >= 11 is 0. The summed E-state index contributed by atoms with van der Waals surface area (Å²) in [4.78, 5) is 24.4. The van der Waals surface area contributed by atoms with Gasteiger partial charge in [0, 0.05) is 0 Å². The monoisotopic (exact) mass is 558 g/mol. The van der Waals surface area contributed by atoms with Gasteiger partial charge in [-0.25, -0.2) is 4.79 Å². The minimum absolute atomic E-state index is 0.0155. The Morgan fingerprint density at radius 3 is 2.12 bits per heavy atom. The molecule has 4 nitrogen and oxygen atoms in total. The Morgan fingerprint density at radius 1 is 0.829 bits per heavy atom. The van der Waals surface area contributed by atoms with Crippen molar-refractivity contribution in [1.29, 1.82) is 0 Å². The predicted molar refractivity (Wildman–Crippen MR) is 163 cm³/mol. The molecule has 0 heterocycles. The van der Waals surface area contributed by atoms with Crippen LogP contribution >= 0.6 is 0 Å². The highest BCUT2D eigenvalue weighted by Crippen LogP contribution is 2.77. The van der Waals surface area contributed by atoms with E-state index in [4.69, 9.17) is 0 Å². The summed E-state index contributed by atoms with van der Waals surface area (Å²) in [5.41, 5.74) is 3.94. The van der Waals surface area contributed by atoms with Crippen LogP contribution in [0.4, 0.5) is 0 Å². The molecule has 4 fully saturated rings. The van der Waals surface area contributed by atoms with E-state index in [9.17, 15) is 19.8 Å². The second kappa shape index (κ2) is 9.07. The highest BCUT2D eigenvalue weighted by atomic mass is 16.4. The Kier molecular flexibility index (Phi) is 6.36. The van der Waals surface area contributed by atoms with Crippen molar-refractivity contribution < 1.29 is 19.8 Å². The van der Waals surface area contributed by atoms with Gasteiger partial charge in [0.15, 0.2) is 0 Å². The molecule has 9 atom stereocenters. The lowest BCUT2D eigenvalue weighted by Crippen LogP contribution is -2.65. The zero-order valence-electron chi connectivity index (χ0n) is 26.1. The van der Waals surface area contributed by atoms with Crippen molar-refractivity contribution in [2.45, 2.75) is 99.3 Å². The van der Waals surface area contributed by atoms with Crippen LogP contribution in [0.25, 0.3) is 5.57 Å². The molecular weight excluding hydrogens is 508 g/mol. The molecule has 0 spiro atoms. The normalized spacial score (nSPS) is 44.4. The average Bonchev–Trinajstić information content (AvgIpc) is 3.30. The lowest BCUT2D eigenvalue weighted by Gasteiger charge is -2.72. The number of allylic oxidation sites excluding steroid dienone is 3. The van der Waals surface area contributed by atoms with E-state index in [1.54, 1.807) is 12.1 Å². The van der Waals surface area contributed by atoms with Gasteiger partial charge in [-0.3, -0.25) is 4.79 Å². The van der Waals surface area contributed by atoms with Crippen molar-refractivity contribution in [3.63, 3.8) is 0 Å². The maximum absolute atomic E-state index is 12.9. The summed E-state index contributed by atoms with van der Waals surface area (Å²) in [6.07, 6.45) is 11.9. The molecule has 0 amide bonds. The number of benzene rings is 1. The maximum Gasteiger partial charge on any atom is 0.335 e. The summed E-state index contributed by atoms with van der Waals surface area (Å²) in [6.45, 7) is 19.1. The van der Waals surface area contributed by atoms with Crippen LogP contribution in [-0.2, 0) is 4.79 Å². The number of hydrogen-bond donors (Lipinski definition) is 2. The van der Waals surface area contributed by atoms with Gasteiger partial charge in [-0.2, -0.15) is 0 Å². The molecule has 4 unspecified atom stereocenters. The Labute approximate surface area is 246 Å². The number of carboxylic acids is 2. The van der Waals surface area contributed by atoms with E-state index >= 15 is 0 Å². The minimum atomic E-state index is -0.882. The molecule has 0 bridgehead atoms. The molecule has 0 aromatic heterocycles. The first kappa shape index (κ1) is 28.7. The fourth-order valence-electron chi connectivity index (χ4n) is 12.4. The molecule has 41 heavy (non-hydrogen) atoms. The number of fused-ring (bicyclic) bond motifs is 7.